The highest BCUT2D eigenvalue weighted by Gasteiger charge is 2.55. The van der Waals surface area contributed by atoms with E-state index in [2.05, 4.69) is 45.1 Å². The lowest BCUT2D eigenvalue weighted by molar-refractivity contribution is 0.170. The van der Waals surface area contributed by atoms with Crippen LogP contribution in [0.15, 0.2) is 47.2 Å². The van der Waals surface area contributed by atoms with Crippen LogP contribution in [-0.2, 0) is 0 Å². The van der Waals surface area contributed by atoms with E-state index in [1.165, 1.54) is 0 Å². The minimum Gasteiger partial charge on any atom is -0.399 e. The number of fused-ring (bicyclic) bond motifs is 1. The molecule has 0 aliphatic heterocycles. The second-order valence-electron chi connectivity index (χ2n) is 8.77. The Morgan fingerprint density at radius 2 is 1.86 bits per heavy atom. The first-order chi connectivity index (χ1) is 13.2. The summed E-state index contributed by atoms with van der Waals surface area (Å²) in [5.41, 5.74) is 6.81. The molecule has 2 aliphatic rings. The van der Waals surface area contributed by atoms with Crippen molar-refractivity contribution in [2.75, 3.05) is 0 Å². The molecule has 3 rings (SSSR count). The third-order valence-electron chi connectivity index (χ3n) is 6.31. The smallest absolute Gasteiger partial charge is 0.191 e. The number of hydrogen-bond donors (Lipinski definition) is 1. The number of benzene rings is 1. The van der Waals surface area contributed by atoms with Crippen molar-refractivity contribution in [2.24, 2.45) is 28.4 Å². The summed E-state index contributed by atoms with van der Waals surface area (Å²) in [4.78, 5) is 0. The molecule has 0 aromatic heterocycles. The molecule has 142 valence electrons. The summed E-state index contributed by atoms with van der Waals surface area (Å²) < 4.78 is 0. The van der Waals surface area contributed by atoms with Crippen molar-refractivity contribution < 1.29 is 0 Å². The standard InChI is InChI=1S/C23H23ClN4/c1-22(2,3)15-7-8-17-18(10-15)20(14-5-4-6-16(24)9-14)23(12-26,13-27)21(28)19(17)11-25/h4-6,8-9,15,18,20H,7,10,28H2,1-3H3/t15-,18+,20-/m0/s1. The topological polar surface area (TPSA) is 97.4 Å². The van der Waals surface area contributed by atoms with Gasteiger partial charge in [-0.2, -0.15) is 15.8 Å². The number of nitrogens with zero attached hydrogens (tertiary/aromatic N) is 3. The Balaban J connectivity index is 2.31. The zero-order valence-corrected chi connectivity index (χ0v) is 17.1. The second kappa shape index (κ2) is 7.01. The van der Waals surface area contributed by atoms with Crippen molar-refractivity contribution >= 4 is 11.6 Å². The highest BCUT2D eigenvalue weighted by atomic mass is 35.5. The van der Waals surface area contributed by atoms with Gasteiger partial charge in [0.2, 0.25) is 0 Å². The molecule has 4 nitrogen and oxygen atoms in total. The van der Waals surface area contributed by atoms with E-state index in [4.69, 9.17) is 17.3 Å². The number of rotatable bonds is 1. The average Bonchev–Trinajstić information content (AvgIpc) is 2.66. The maximum Gasteiger partial charge on any atom is 0.191 e. The first kappa shape index (κ1) is 20.0. The predicted molar refractivity (Wildman–Crippen MR) is 108 cm³/mol. The van der Waals surface area contributed by atoms with Crippen LogP contribution >= 0.6 is 11.6 Å². The van der Waals surface area contributed by atoms with Gasteiger partial charge in [0.15, 0.2) is 5.41 Å². The second-order valence-corrected chi connectivity index (χ2v) is 9.20. The Bertz CT molecular complexity index is 977. The van der Waals surface area contributed by atoms with Crippen LogP contribution in [0.2, 0.25) is 5.02 Å². The number of nitrogens with two attached hydrogens (primary N) is 1. The van der Waals surface area contributed by atoms with E-state index in [1.807, 2.05) is 12.1 Å². The van der Waals surface area contributed by atoms with Gasteiger partial charge in [-0.25, -0.2) is 0 Å². The fourth-order valence-electron chi connectivity index (χ4n) is 4.67. The van der Waals surface area contributed by atoms with Gasteiger partial charge in [-0.3, -0.25) is 0 Å². The third-order valence-corrected chi connectivity index (χ3v) is 6.54. The number of halogens is 1. The molecule has 0 spiro atoms. The van der Waals surface area contributed by atoms with Crippen LogP contribution in [0.3, 0.4) is 0 Å². The van der Waals surface area contributed by atoms with Gasteiger partial charge < -0.3 is 5.73 Å². The number of hydrogen-bond acceptors (Lipinski definition) is 4. The monoisotopic (exact) mass is 390 g/mol. The summed E-state index contributed by atoms with van der Waals surface area (Å²) in [6.07, 6.45) is 3.73. The van der Waals surface area contributed by atoms with Crippen molar-refractivity contribution in [3.8, 4) is 18.2 Å². The lowest BCUT2D eigenvalue weighted by Crippen LogP contribution is -2.44. The van der Waals surface area contributed by atoms with Crippen LogP contribution in [0.1, 0.15) is 45.1 Å². The molecule has 2 N–H and O–H groups in total. The van der Waals surface area contributed by atoms with Gasteiger partial charge in [0.1, 0.15) is 6.07 Å². The molecule has 0 bridgehead atoms. The van der Waals surface area contributed by atoms with E-state index in [9.17, 15) is 15.8 Å². The predicted octanol–water partition coefficient (Wildman–Crippen LogP) is 5.21. The Labute approximate surface area is 171 Å². The van der Waals surface area contributed by atoms with Crippen LogP contribution in [0, 0.1) is 56.7 Å². The molecule has 3 atom stereocenters. The molecule has 0 unspecified atom stereocenters. The molecular weight excluding hydrogens is 368 g/mol. The molecule has 28 heavy (non-hydrogen) atoms. The van der Waals surface area contributed by atoms with Crippen LogP contribution < -0.4 is 5.73 Å². The van der Waals surface area contributed by atoms with E-state index in [1.54, 1.807) is 12.1 Å². The van der Waals surface area contributed by atoms with Gasteiger partial charge in [0.05, 0.1) is 23.4 Å². The van der Waals surface area contributed by atoms with Gasteiger partial charge in [-0.05, 0) is 53.4 Å². The largest absolute Gasteiger partial charge is 0.399 e. The zero-order chi connectivity index (χ0) is 20.7. The van der Waals surface area contributed by atoms with Crippen molar-refractivity contribution in [3.05, 3.63) is 57.8 Å². The van der Waals surface area contributed by atoms with Crippen LogP contribution in [0.5, 0.6) is 0 Å². The fraction of sp³-hybridized carbons (Fsp3) is 0.435. The van der Waals surface area contributed by atoms with E-state index in [0.29, 0.717) is 16.5 Å². The Hall–Kier alpha value is -2.74. The van der Waals surface area contributed by atoms with E-state index < -0.39 is 11.3 Å². The first-order valence-electron chi connectivity index (χ1n) is 9.38. The molecule has 0 heterocycles. The SMILES string of the molecule is CC(C)(C)[C@H]1CC=C2C(C#N)=C(N)C(C#N)(C#N)[C@@H](c3cccc(Cl)c3)[C@@H]2C1. The number of allylic oxidation sites excluding steroid dienone is 4. The van der Waals surface area contributed by atoms with Gasteiger partial charge >= 0.3 is 0 Å². The number of nitriles is 3. The maximum atomic E-state index is 10.1. The summed E-state index contributed by atoms with van der Waals surface area (Å²) in [5.74, 6) is -0.246. The molecule has 2 aliphatic carbocycles. The fourth-order valence-corrected chi connectivity index (χ4v) is 4.87. The molecule has 0 saturated heterocycles. The molecule has 1 aromatic carbocycles. The molecule has 1 aromatic rings. The summed E-state index contributed by atoms with van der Waals surface area (Å²) in [6.45, 7) is 6.60. The van der Waals surface area contributed by atoms with Gasteiger partial charge in [-0.1, -0.05) is 50.6 Å². The van der Waals surface area contributed by atoms with Crippen LogP contribution in [0.25, 0.3) is 0 Å². The summed E-state index contributed by atoms with van der Waals surface area (Å²) in [7, 11) is 0. The van der Waals surface area contributed by atoms with Crippen molar-refractivity contribution in [1.82, 2.24) is 0 Å². The Morgan fingerprint density at radius 3 is 2.39 bits per heavy atom. The third kappa shape index (κ3) is 2.97. The van der Waals surface area contributed by atoms with Crippen molar-refractivity contribution in [3.63, 3.8) is 0 Å². The molecule has 0 amide bonds. The average molecular weight is 391 g/mol. The summed E-state index contributed by atoms with van der Waals surface area (Å²) in [5, 5.41) is 30.5. The summed E-state index contributed by atoms with van der Waals surface area (Å²) in [6, 6.07) is 13.8. The quantitative estimate of drug-likeness (QED) is 0.711. The van der Waals surface area contributed by atoms with E-state index in [-0.39, 0.29) is 17.0 Å². The zero-order valence-electron chi connectivity index (χ0n) is 16.3. The lowest BCUT2D eigenvalue weighted by atomic mass is 9.54. The minimum absolute atomic E-state index is 0.0571. The molecular formula is C23H23ClN4. The Kier molecular flexibility index (Phi) is 5.01. The maximum absolute atomic E-state index is 10.1. The molecule has 0 radical (unpaired) electrons. The minimum atomic E-state index is -1.60. The molecule has 5 heteroatoms. The highest BCUT2D eigenvalue weighted by molar-refractivity contribution is 6.30. The normalized spacial score (nSPS) is 26.3. The van der Waals surface area contributed by atoms with Gasteiger partial charge in [0.25, 0.3) is 0 Å². The van der Waals surface area contributed by atoms with E-state index in [0.717, 1.165) is 24.0 Å². The van der Waals surface area contributed by atoms with Crippen molar-refractivity contribution in [1.29, 1.82) is 15.8 Å². The summed E-state index contributed by atoms with van der Waals surface area (Å²) >= 11 is 6.24. The van der Waals surface area contributed by atoms with Crippen LogP contribution in [0.4, 0.5) is 0 Å². The Morgan fingerprint density at radius 1 is 1.18 bits per heavy atom. The molecule has 0 saturated carbocycles. The lowest BCUT2D eigenvalue weighted by Gasteiger charge is -2.47. The highest BCUT2D eigenvalue weighted by Crippen LogP contribution is 2.58. The molecule has 0 fully saturated rings. The van der Waals surface area contributed by atoms with Crippen LogP contribution in [-0.4, -0.2) is 0 Å². The first-order valence-corrected chi connectivity index (χ1v) is 9.76. The van der Waals surface area contributed by atoms with Crippen molar-refractivity contribution in [2.45, 2.75) is 39.5 Å². The van der Waals surface area contributed by atoms with Gasteiger partial charge in [0, 0.05) is 10.9 Å². The van der Waals surface area contributed by atoms with Gasteiger partial charge in [-0.15, -0.1) is 0 Å². The van der Waals surface area contributed by atoms with E-state index >= 15 is 0 Å².